The molecule has 0 saturated carbocycles. The number of halogens is 2. The van der Waals surface area contributed by atoms with E-state index in [9.17, 15) is 9.59 Å². The summed E-state index contributed by atoms with van der Waals surface area (Å²) >= 11 is 2.18. The van der Waals surface area contributed by atoms with Crippen molar-refractivity contribution < 1.29 is 13.7 Å². The zero-order valence-electron chi connectivity index (χ0n) is 13.6. The van der Waals surface area contributed by atoms with Crippen LogP contribution in [-0.2, 0) is 5.67 Å². The summed E-state index contributed by atoms with van der Waals surface area (Å²) in [5.41, 5.74) is -1.59. The Labute approximate surface area is 160 Å². The maximum Gasteiger partial charge on any atom is 0.293 e. The maximum absolute atomic E-state index is 15.1. The molecule has 0 bridgehead atoms. The molecule has 4 rings (SSSR count). The van der Waals surface area contributed by atoms with E-state index < -0.39 is 17.1 Å². The highest BCUT2D eigenvalue weighted by Gasteiger charge is 2.50. The molecule has 0 spiro atoms. The van der Waals surface area contributed by atoms with Crippen molar-refractivity contribution in [2.45, 2.75) is 12.6 Å². The second-order valence-electron chi connectivity index (χ2n) is 6.12. The van der Waals surface area contributed by atoms with E-state index in [0.29, 0.717) is 0 Å². The van der Waals surface area contributed by atoms with Gasteiger partial charge in [-0.1, -0.05) is 11.3 Å². The van der Waals surface area contributed by atoms with Gasteiger partial charge >= 0.3 is 0 Å². The van der Waals surface area contributed by atoms with E-state index in [-0.39, 0.29) is 30.1 Å². The second kappa shape index (κ2) is 6.04. The van der Waals surface area contributed by atoms with Crippen molar-refractivity contribution in [3.8, 4) is 5.69 Å². The molecule has 1 aliphatic rings. The first kappa shape index (κ1) is 16.9. The Morgan fingerprint density at radius 2 is 2.19 bits per heavy atom. The Balaban J connectivity index is 1.52. The molecular formula is C16H13FIN5O3. The molecular weight excluding hydrogens is 456 g/mol. The Morgan fingerprint density at radius 1 is 1.42 bits per heavy atom. The number of benzene rings is 1. The van der Waals surface area contributed by atoms with Gasteiger partial charge in [0.25, 0.3) is 11.5 Å². The highest BCUT2D eigenvalue weighted by atomic mass is 127. The SMILES string of the molecule is Cc1o[nH]c(=O)c1C(=O)N1CC(F)(c2cn(-c3cccc(I)c3)nn2)C1. The summed E-state index contributed by atoms with van der Waals surface area (Å²) in [7, 11) is 0. The van der Waals surface area contributed by atoms with Gasteiger partial charge in [-0.05, 0) is 47.7 Å². The molecule has 1 aromatic carbocycles. The van der Waals surface area contributed by atoms with Gasteiger partial charge in [0.1, 0.15) is 17.0 Å². The molecule has 10 heteroatoms. The lowest BCUT2D eigenvalue weighted by Crippen LogP contribution is -2.59. The van der Waals surface area contributed by atoms with Crippen LogP contribution >= 0.6 is 22.6 Å². The Bertz CT molecular complexity index is 1050. The van der Waals surface area contributed by atoms with Gasteiger partial charge in [0, 0.05) is 3.57 Å². The molecule has 0 radical (unpaired) electrons. The van der Waals surface area contributed by atoms with E-state index >= 15 is 4.39 Å². The van der Waals surface area contributed by atoms with Gasteiger partial charge in [-0.3, -0.25) is 9.59 Å². The van der Waals surface area contributed by atoms with E-state index in [1.165, 1.54) is 22.7 Å². The number of aromatic amines is 1. The number of amides is 1. The molecule has 1 amide bonds. The topological polar surface area (TPSA) is 97.0 Å². The van der Waals surface area contributed by atoms with Crippen LogP contribution in [0.2, 0.25) is 0 Å². The molecule has 0 unspecified atom stereocenters. The number of nitrogens with zero attached hydrogens (tertiary/aromatic N) is 4. The molecule has 2 aromatic heterocycles. The number of aryl methyl sites for hydroxylation is 1. The van der Waals surface area contributed by atoms with Crippen molar-refractivity contribution in [1.29, 1.82) is 0 Å². The molecule has 1 N–H and O–H groups in total. The molecule has 1 fully saturated rings. The number of carbonyl (C=O) groups excluding carboxylic acids is 1. The fraction of sp³-hybridized carbons (Fsp3) is 0.250. The first-order valence-electron chi connectivity index (χ1n) is 7.72. The van der Waals surface area contributed by atoms with E-state index in [1.54, 1.807) is 0 Å². The van der Waals surface area contributed by atoms with Gasteiger partial charge in [-0.2, -0.15) is 5.16 Å². The van der Waals surface area contributed by atoms with Gasteiger partial charge in [-0.15, -0.1) is 5.10 Å². The minimum atomic E-state index is -1.79. The van der Waals surface area contributed by atoms with Crippen LogP contribution in [0.4, 0.5) is 4.39 Å². The quantitative estimate of drug-likeness (QED) is 0.591. The van der Waals surface area contributed by atoms with Gasteiger partial charge in [-0.25, -0.2) is 9.07 Å². The monoisotopic (exact) mass is 469 g/mol. The van der Waals surface area contributed by atoms with Crippen molar-refractivity contribution in [3.63, 3.8) is 0 Å². The second-order valence-corrected chi connectivity index (χ2v) is 7.36. The predicted molar refractivity (Wildman–Crippen MR) is 96.8 cm³/mol. The average molecular weight is 469 g/mol. The predicted octanol–water partition coefficient (Wildman–Crippen LogP) is 1.78. The lowest BCUT2D eigenvalue weighted by atomic mass is 9.92. The molecule has 0 atom stereocenters. The fourth-order valence-electron chi connectivity index (χ4n) is 2.87. The van der Waals surface area contributed by atoms with Crippen molar-refractivity contribution in [3.05, 3.63) is 61.4 Å². The highest BCUT2D eigenvalue weighted by Crippen LogP contribution is 2.35. The lowest BCUT2D eigenvalue weighted by Gasteiger charge is -2.42. The van der Waals surface area contributed by atoms with Crippen LogP contribution in [0.25, 0.3) is 5.69 Å². The van der Waals surface area contributed by atoms with Gasteiger partial charge in [0.2, 0.25) is 0 Å². The van der Waals surface area contributed by atoms with E-state index in [2.05, 4.69) is 38.1 Å². The first-order chi connectivity index (χ1) is 12.4. The van der Waals surface area contributed by atoms with Crippen LogP contribution < -0.4 is 5.56 Å². The number of carbonyl (C=O) groups is 1. The van der Waals surface area contributed by atoms with Crippen molar-refractivity contribution >= 4 is 28.5 Å². The van der Waals surface area contributed by atoms with Crippen LogP contribution in [0.1, 0.15) is 21.8 Å². The van der Waals surface area contributed by atoms with E-state index in [0.717, 1.165) is 9.26 Å². The third-order valence-electron chi connectivity index (χ3n) is 4.29. The van der Waals surface area contributed by atoms with Crippen molar-refractivity contribution in [2.75, 3.05) is 13.1 Å². The Hall–Kier alpha value is -2.50. The molecule has 1 aliphatic heterocycles. The van der Waals surface area contributed by atoms with Gasteiger partial charge in [0.05, 0.1) is 25.0 Å². The molecule has 3 aromatic rings. The first-order valence-corrected chi connectivity index (χ1v) is 8.80. The summed E-state index contributed by atoms with van der Waals surface area (Å²) in [6, 6.07) is 7.55. The van der Waals surface area contributed by atoms with Crippen LogP contribution in [0.3, 0.4) is 0 Å². The zero-order chi connectivity index (χ0) is 18.5. The summed E-state index contributed by atoms with van der Waals surface area (Å²) in [6.45, 7) is 1.11. The maximum atomic E-state index is 15.1. The molecule has 3 heterocycles. The number of hydrogen-bond acceptors (Lipinski definition) is 5. The van der Waals surface area contributed by atoms with Crippen molar-refractivity contribution in [1.82, 2.24) is 25.1 Å². The van der Waals surface area contributed by atoms with Crippen LogP contribution in [0, 0.1) is 10.5 Å². The minimum Gasteiger partial charge on any atom is -0.383 e. The smallest absolute Gasteiger partial charge is 0.293 e. The normalized spacial score (nSPS) is 15.7. The molecule has 134 valence electrons. The Morgan fingerprint density at radius 3 is 2.85 bits per heavy atom. The molecule has 0 aliphatic carbocycles. The summed E-state index contributed by atoms with van der Waals surface area (Å²) in [5.74, 6) is -0.378. The standard InChI is InChI=1S/C16H13FIN5O3/c1-9-13(14(24)20-26-9)15(25)22-7-16(17,8-22)12-6-23(21-19-12)11-4-2-3-10(18)5-11/h2-6H,7-8H2,1H3,(H,20,24). The van der Waals surface area contributed by atoms with Crippen molar-refractivity contribution in [2.24, 2.45) is 0 Å². The molecule has 1 saturated heterocycles. The number of likely N-dealkylation sites (tertiary alicyclic amines) is 1. The zero-order valence-corrected chi connectivity index (χ0v) is 15.7. The number of aromatic nitrogens is 4. The Kier molecular flexibility index (Phi) is 3.93. The fourth-order valence-corrected chi connectivity index (χ4v) is 3.40. The summed E-state index contributed by atoms with van der Waals surface area (Å²) < 4.78 is 22.4. The number of hydrogen-bond donors (Lipinski definition) is 1. The number of alkyl halides is 1. The summed E-state index contributed by atoms with van der Waals surface area (Å²) in [4.78, 5) is 25.2. The van der Waals surface area contributed by atoms with E-state index in [4.69, 9.17) is 4.52 Å². The highest BCUT2D eigenvalue weighted by molar-refractivity contribution is 14.1. The number of rotatable bonds is 3. The van der Waals surface area contributed by atoms with Crippen LogP contribution in [0.15, 0.2) is 39.8 Å². The third-order valence-corrected chi connectivity index (χ3v) is 4.96. The largest absolute Gasteiger partial charge is 0.383 e. The number of H-pyrrole nitrogens is 1. The molecule has 8 nitrogen and oxygen atoms in total. The molecule has 26 heavy (non-hydrogen) atoms. The minimum absolute atomic E-state index is 0.102. The summed E-state index contributed by atoms with van der Waals surface area (Å²) in [5, 5.41) is 9.99. The average Bonchev–Trinajstić information content (AvgIpc) is 3.19. The summed E-state index contributed by atoms with van der Waals surface area (Å²) in [6.07, 6.45) is 1.52. The van der Waals surface area contributed by atoms with Gasteiger partial charge < -0.3 is 9.42 Å². The number of nitrogens with one attached hydrogen (secondary N) is 1. The van der Waals surface area contributed by atoms with Gasteiger partial charge in [0.15, 0.2) is 5.67 Å². The lowest BCUT2D eigenvalue weighted by molar-refractivity contribution is -0.0259. The third kappa shape index (κ3) is 2.73. The van der Waals surface area contributed by atoms with E-state index in [1.807, 2.05) is 24.3 Å². The van der Waals surface area contributed by atoms with Crippen LogP contribution in [-0.4, -0.2) is 44.0 Å². The van der Waals surface area contributed by atoms with Crippen LogP contribution in [0.5, 0.6) is 0 Å².